The number of rotatable bonds is 5. The summed E-state index contributed by atoms with van der Waals surface area (Å²) in [5, 5.41) is 6.83. The van der Waals surface area contributed by atoms with Gasteiger partial charge in [0, 0.05) is 6.07 Å². The van der Waals surface area contributed by atoms with Gasteiger partial charge in [0.15, 0.2) is 5.58 Å². The summed E-state index contributed by atoms with van der Waals surface area (Å²) in [6.45, 7) is 1.94. The smallest absolute Gasteiger partial charge is 0.408 e. The molecule has 22 heavy (non-hydrogen) atoms. The van der Waals surface area contributed by atoms with Gasteiger partial charge in [0.05, 0.1) is 10.4 Å². The van der Waals surface area contributed by atoms with Crippen molar-refractivity contribution < 1.29 is 12.8 Å². The molecule has 11 heteroatoms. The normalized spacial score (nSPS) is 11.9. The zero-order valence-electron chi connectivity index (χ0n) is 11.3. The maximum atomic E-state index is 12.3. The summed E-state index contributed by atoms with van der Waals surface area (Å²) in [5.41, 5.74) is 0.581. The number of hydrogen-bond acceptors (Lipinski definition) is 7. The van der Waals surface area contributed by atoms with Crippen molar-refractivity contribution in [2.75, 3.05) is 10.5 Å². The minimum atomic E-state index is -3.87. The molecule has 2 heterocycles. The fourth-order valence-electron chi connectivity index (χ4n) is 1.76. The van der Waals surface area contributed by atoms with E-state index in [1.54, 1.807) is 0 Å². The standard InChI is InChI=1S/C11H11N5O4S2/c1-2-21-10-13-9(14-15-10)16-22(18,19)6-3-4-7-8(5-6)20-11(17)12-7/h3-5H,2H2,1H3,(H,12,17)(H2,13,14,15,16). The number of aromatic nitrogens is 4. The van der Waals surface area contributed by atoms with E-state index in [-0.39, 0.29) is 16.4 Å². The summed E-state index contributed by atoms with van der Waals surface area (Å²) in [4.78, 5) is 17.5. The number of oxazole rings is 1. The van der Waals surface area contributed by atoms with Gasteiger partial charge in [0.25, 0.3) is 10.0 Å². The number of aromatic amines is 2. The van der Waals surface area contributed by atoms with Gasteiger partial charge in [-0.25, -0.2) is 23.0 Å². The molecule has 1 aromatic carbocycles. The Morgan fingerprint density at radius 3 is 3.00 bits per heavy atom. The molecule has 0 aliphatic heterocycles. The number of H-pyrrole nitrogens is 2. The summed E-state index contributed by atoms with van der Waals surface area (Å²) in [7, 11) is -3.87. The number of fused-ring (bicyclic) bond motifs is 1. The van der Waals surface area contributed by atoms with Crippen molar-refractivity contribution >= 4 is 38.8 Å². The zero-order chi connectivity index (χ0) is 15.7. The molecule has 3 aromatic rings. The van der Waals surface area contributed by atoms with Gasteiger partial charge in [-0.15, -0.1) is 5.10 Å². The van der Waals surface area contributed by atoms with Crippen LogP contribution in [0.2, 0.25) is 0 Å². The first-order valence-corrected chi connectivity index (χ1v) is 8.66. The average molecular weight is 341 g/mol. The molecule has 0 saturated heterocycles. The Morgan fingerprint density at radius 1 is 1.41 bits per heavy atom. The third kappa shape index (κ3) is 2.85. The third-order valence-electron chi connectivity index (χ3n) is 2.67. The van der Waals surface area contributed by atoms with E-state index in [1.807, 2.05) is 6.92 Å². The number of thioether (sulfide) groups is 1. The molecule has 0 bridgehead atoms. The molecule has 0 aliphatic carbocycles. The van der Waals surface area contributed by atoms with Gasteiger partial charge in [0.2, 0.25) is 11.1 Å². The molecule has 3 N–H and O–H groups in total. The molecule has 0 saturated carbocycles. The lowest BCUT2D eigenvalue weighted by Gasteiger charge is -2.04. The summed E-state index contributed by atoms with van der Waals surface area (Å²) < 4.78 is 31.7. The molecule has 0 fully saturated rings. The van der Waals surface area contributed by atoms with Crippen LogP contribution in [-0.4, -0.2) is 34.3 Å². The highest BCUT2D eigenvalue weighted by Gasteiger charge is 2.18. The van der Waals surface area contributed by atoms with E-state index in [0.717, 1.165) is 5.75 Å². The number of sulfonamides is 1. The van der Waals surface area contributed by atoms with E-state index in [9.17, 15) is 13.2 Å². The predicted molar refractivity (Wildman–Crippen MR) is 80.4 cm³/mol. The fraction of sp³-hybridized carbons (Fsp3) is 0.182. The summed E-state index contributed by atoms with van der Waals surface area (Å²) in [6.07, 6.45) is 0. The number of hydrogen-bond donors (Lipinski definition) is 3. The van der Waals surface area contributed by atoms with Crippen LogP contribution in [0.1, 0.15) is 6.92 Å². The molecule has 9 nitrogen and oxygen atoms in total. The molecular weight excluding hydrogens is 330 g/mol. The van der Waals surface area contributed by atoms with Crippen LogP contribution in [0.15, 0.2) is 37.5 Å². The Hall–Kier alpha value is -2.27. The third-order valence-corrected chi connectivity index (χ3v) is 4.74. The second kappa shape index (κ2) is 5.50. The van der Waals surface area contributed by atoms with Gasteiger partial charge in [0.1, 0.15) is 0 Å². The summed E-state index contributed by atoms with van der Waals surface area (Å²) >= 11 is 1.38. The summed E-state index contributed by atoms with van der Waals surface area (Å²) in [5.74, 6) is 0.147. The zero-order valence-corrected chi connectivity index (χ0v) is 12.9. The van der Waals surface area contributed by atoms with E-state index in [2.05, 4.69) is 24.9 Å². The van der Waals surface area contributed by atoms with Crippen LogP contribution in [0.4, 0.5) is 5.95 Å². The van der Waals surface area contributed by atoms with Crippen molar-refractivity contribution in [1.29, 1.82) is 0 Å². The average Bonchev–Trinajstić information content (AvgIpc) is 3.03. The van der Waals surface area contributed by atoms with Gasteiger partial charge in [-0.2, -0.15) is 4.98 Å². The quantitative estimate of drug-likeness (QED) is 0.593. The van der Waals surface area contributed by atoms with Crippen molar-refractivity contribution in [2.45, 2.75) is 17.0 Å². The lowest BCUT2D eigenvalue weighted by atomic mass is 10.3. The van der Waals surface area contributed by atoms with Crippen LogP contribution in [0.25, 0.3) is 11.1 Å². The van der Waals surface area contributed by atoms with Gasteiger partial charge in [-0.3, -0.25) is 4.98 Å². The Balaban J connectivity index is 1.91. The Kier molecular flexibility index (Phi) is 3.66. The first-order chi connectivity index (χ1) is 10.5. The van der Waals surface area contributed by atoms with Gasteiger partial charge in [-0.05, 0) is 17.9 Å². The number of nitrogens with one attached hydrogen (secondary N) is 3. The highest BCUT2D eigenvalue weighted by molar-refractivity contribution is 7.99. The highest BCUT2D eigenvalue weighted by Crippen LogP contribution is 2.19. The monoisotopic (exact) mass is 341 g/mol. The van der Waals surface area contributed by atoms with Crippen LogP contribution in [-0.2, 0) is 10.0 Å². The van der Waals surface area contributed by atoms with Crippen LogP contribution < -0.4 is 10.5 Å². The number of nitrogens with zero attached hydrogens (tertiary/aromatic N) is 2. The minimum absolute atomic E-state index is 0.0200. The lowest BCUT2D eigenvalue weighted by molar-refractivity contribution is 0.554. The van der Waals surface area contributed by atoms with E-state index in [1.165, 1.54) is 30.0 Å². The first kappa shape index (κ1) is 14.7. The number of anilines is 1. The lowest BCUT2D eigenvalue weighted by Crippen LogP contribution is -2.13. The van der Waals surface area contributed by atoms with Gasteiger partial charge >= 0.3 is 5.76 Å². The molecule has 0 aliphatic rings. The highest BCUT2D eigenvalue weighted by atomic mass is 32.2. The molecule has 116 valence electrons. The van der Waals surface area contributed by atoms with E-state index in [4.69, 9.17) is 4.42 Å². The molecule has 0 amide bonds. The molecule has 0 spiro atoms. The second-order valence-electron chi connectivity index (χ2n) is 4.18. The Morgan fingerprint density at radius 2 is 2.23 bits per heavy atom. The van der Waals surface area contributed by atoms with Crippen molar-refractivity contribution in [3.63, 3.8) is 0 Å². The minimum Gasteiger partial charge on any atom is -0.408 e. The van der Waals surface area contributed by atoms with Crippen molar-refractivity contribution in [1.82, 2.24) is 20.2 Å². The van der Waals surface area contributed by atoms with Gasteiger partial charge < -0.3 is 4.42 Å². The van der Waals surface area contributed by atoms with Gasteiger partial charge in [-0.1, -0.05) is 18.7 Å². The van der Waals surface area contributed by atoms with Crippen molar-refractivity contribution in [3.8, 4) is 0 Å². The van der Waals surface area contributed by atoms with Crippen LogP contribution in [0, 0.1) is 0 Å². The molecule has 3 rings (SSSR count). The van der Waals surface area contributed by atoms with E-state index in [0.29, 0.717) is 10.7 Å². The SMILES string of the molecule is CCSc1n[nH]c(NS(=O)(=O)c2ccc3[nH]c(=O)oc3c2)n1. The van der Waals surface area contributed by atoms with Crippen LogP contribution >= 0.6 is 11.8 Å². The van der Waals surface area contributed by atoms with Crippen molar-refractivity contribution in [2.24, 2.45) is 0 Å². The van der Waals surface area contributed by atoms with Crippen LogP contribution in [0.3, 0.4) is 0 Å². The fourth-order valence-corrected chi connectivity index (χ4v) is 3.26. The Bertz CT molecular complexity index is 972. The molecule has 0 atom stereocenters. The van der Waals surface area contributed by atoms with Crippen molar-refractivity contribution in [3.05, 3.63) is 28.7 Å². The largest absolute Gasteiger partial charge is 0.417 e. The first-order valence-electron chi connectivity index (χ1n) is 6.19. The molecule has 0 radical (unpaired) electrons. The molecular formula is C11H11N5O4S2. The second-order valence-corrected chi connectivity index (χ2v) is 7.09. The Labute approximate surface area is 128 Å². The predicted octanol–water partition coefficient (Wildman–Crippen LogP) is 1.15. The summed E-state index contributed by atoms with van der Waals surface area (Å²) in [6, 6.07) is 4.06. The molecule has 0 unspecified atom stereocenters. The molecule has 2 aromatic heterocycles. The topological polar surface area (TPSA) is 134 Å². The van der Waals surface area contributed by atoms with Crippen LogP contribution in [0.5, 0.6) is 0 Å². The van der Waals surface area contributed by atoms with E-state index >= 15 is 0 Å². The maximum absolute atomic E-state index is 12.3. The number of benzene rings is 1. The van der Waals surface area contributed by atoms with E-state index < -0.39 is 15.8 Å². The maximum Gasteiger partial charge on any atom is 0.417 e.